The van der Waals surface area contributed by atoms with Crippen molar-refractivity contribution in [1.29, 1.82) is 0 Å². The summed E-state index contributed by atoms with van der Waals surface area (Å²) in [5.41, 5.74) is 10.5. The van der Waals surface area contributed by atoms with Gasteiger partial charge >= 0.3 is 30.2 Å². The first-order valence-electron chi connectivity index (χ1n) is 26.9. The molecule has 0 heterocycles. The molecule has 0 saturated carbocycles. The average Bonchev–Trinajstić information content (AvgIpc) is 3.70. The number of hydrogen-bond donors (Lipinski definition) is 0. The fourth-order valence-electron chi connectivity index (χ4n) is 9.79. The zero-order valence-corrected chi connectivity index (χ0v) is 45.2. The van der Waals surface area contributed by atoms with E-state index >= 15 is 0 Å². The zero-order chi connectivity index (χ0) is 58.7. The molecule has 0 spiro atoms. The van der Waals surface area contributed by atoms with E-state index in [0.717, 1.165) is 72.4 Å². The number of carbonyl (C=O) groups excluding carboxylic acids is 1. The van der Waals surface area contributed by atoms with E-state index in [1.54, 1.807) is 18.2 Å². The van der Waals surface area contributed by atoms with Crippen LogP contribution < -0.4 is 28.7 Å². The normalized spacial score (nSPS) is 10.9. The standard InChI is InChI=1S/C71H50F6N2O6/c72-68(73)70(76)84-59-36-22-48(23-37-59)44-81-61-40-50(41-62(43-61)82-45-49-24-38-60(39-25-49)85-71(77)69(74)75)42-67(80)83-46-47-20-30-56(31-21-47)79(66-19-9-13-54-11-5-7-17-64(54)66)58-34-28-52(29-35-58)51-26-32-57(33-27-51)78(55-14-2-1-3-15-55)65-18-8-12-53-10-4-6-16-63(53)65/h1-41,43H,42,44-46H2. The number of benzene rings is 11. The molecule has 11 aromatic rings. The summed E-state index contributed by atoms with van der Waals surface area (Å²) in [6.07, 6.45) is -5.35. The van der Waals surface area contributed by atoms with Crippen LogP contribution in [-0.2, 0) is 35.8 Å². The summed E-state index contributed by atoms with van der Waals surface area (Å²) in [4.78, 5) is 18.1. The van der Waals surface area contributed by atoms with Crippen molar-refractivity contribution in [3.8, 4) is 34.1 Å². The molecule has 0 saturated heterocycles. The first kappa shape index (κ1) is 56.1. The summed E-state index contributed by atoms with van der Waals surface area (Å²) in [6.45, 7) is -0.0710. The Bertz CT molecular complexity index is 4080. The maximum Gasteiger partial charge on any atom is 0.344 e. The van der Waals surface area contributed by atoms with Crippen LogP contribution in [0.1, 0.15) is 22.3 Å². The highest BCUT2D eigenvalue weighted by Crippen LogP contribution is 2.42. The van der Waals surface area contributed by atoms with Gasteiger partial charge in [-0.25, -0.2) is 0 Å². The number of ether oxygens (including phenoxy) is 5. The molecular formula is C71H50F6N2O6. The first-order chi connectivity index (χ1) is 41.5. The second-order valence-corrected chi connectivity index (χ2v) is 19.6. The largest absolute Gasteiger partial charge is 0.489 e. The lowest BCUT2D eigenvalue weighted by atomic mass is 10.0. The monoisotopic (exact) mass is 1140 g/mol. The van der Waals surface area contributed by atoms with Crippen LogP contribution in [0.5, 0.6) is 23.0 Å². The minimum atomic E-state index is -2.59. The molecule has 0 N–H and O–H groups in total. The van der Waals surface area contributed by atoms with Crippen LogP contribution in [0, 0.1) is 0 Å². The highest BCUT2D eigenvalue weighted by atomic mass is 19.3. The van der Waals surface area contributed by atoms with Crippen molar-refractivity contribution in [3.05, 3.63) is 301 Å². The number of para-hydroxylation sites is 1. The van der Waals surface area contributed by atoms with E-state index < -0.39 is 30.2 Å². The summed E-state index contributed by atoms with van der Waals surface area (Å²) >= 11 is 0. The number of halogens is 6. The minimum absolute atomic E-state index is 0.0217. The van der Waals surface area contributed by atoms with Crippen LogP contribution in [0.2, 0.25) is 0 Å². The van der Waals surface area contributed by atoms with Gasteiger partial charge in [-0.2, -0.15) is 26.3 Å². The molecule has 0 aromatic heterocycles. The summed E-state index contributed by atoms with van der Waals surface area (Å²) in [5, 5.41) is 4.47. The Morgan fingerprint density at radius 3 is 1.16 bits per heavy atom. The van der Waals surface area contributed by atoms with Crippen molar-refractivity contribution >= 4 is 61.6 Å². The Morgan fingerprint density at radius 2 is 0.718 bits per heavy atom. The van der Waals surface area contributed by atoms with Crippen LogP contribution in [0.4, 0.5) is 60.5 Å². The minimum Gasteiger partial charge on any atom is -0.489 e. The Kier molecular flexibility index (Phi) is 17.2. The summed E-state index contributed by atoms with van der Waals surface area (Å²) in [5.74, 6) is -0.240. The predicted octanol–water partition coefficient (Wildman–Crippen LogP) is 19.9. The van der Waals surface area contributed by atoms with E-state index in [9.17, 15) is 31.1 Å². The van der Waals surface area contributed by atoms with Crippen molar-refractivity contribution in [1.82, 2.24) is 0 Å². The fourth-order valence-corrected chi connectivity index (χ4v) is 9.79. The summed E-state index contributed by atoms with van der Waals surface area (Å²) in [6, 6.07) is 76.7. The lowest BCUT2D eigenvalue weighted by Crippen LogP contribution is -2.11. The van der Waals surface area contributed by atoms with Gasteiger partial charge in [0, 0.05) is 39.6 Å². The average molecular weight is 1140 g/mol. The Hall–Kier alpha value is -10.7. The van der Waals surface area contributed by atoms with Crippen LogP contribution in [0.25, 0.3) is 32.7 Å². The molecule has 422 valence electrons. The Labute approximate surface area is 485 Å². The molecular weight excluding hydrogens is 1090 g/mol. The molecule has 0 radical (unpaired) electrons. The molecule has 0 fully saturated rings. The van der Waals surface area contributed by atoms with Gasteiger partial charge in [-0.1, -0.05) is 152 Å². The van der Waals surface area contributed by atoms with E-state index in [2.05, 4.69) is 159 Å². The van der Waals surface area contributed by atoms with E-state index in [1.807, 2.05) is 48.5 Å². The quantitative estimate of drug-likeness (QED) is 0.0400. The van der Waals surface area contributed by atoms with Crippen LogP contribution in [0.15, 0.2) is 279 Å². The number of esters is 1. The summed E-state index contributed by atoms with van der Waals surface area (Å²) < 4.78 is 104. The van der Waals surface area contributed by atoms with Crippen molar-refractivity contribution in [2.45, 2.75) is 26.2 Å². The van der Waals surface area contributed by atoms with Gasteiger partial charge in [-0.15, -0.1) is 0 Å². The molecule has 0 aliphatic carbocycles. The highest BCUT2D eigenvalue weighted by Gasteiger charge is 2.19. The third-order valence-corrected chi connectivity index (χ3v) is 13.9. The molecule has 85 heavy (non-hydrogen) atoms. The summed E-state index contributed by atoms with van der Waals surface area (Å²) in [7, 11) is 0. The van der Waals surface area contributed by atoms with Crippen molar-refractivity contribution < 1.29 is 54.8 Å². The third kappa shape index (κ3) is 13.8. The van der Waals surface area contributed by atoms with Gasteiger partial charge in [0.15, 0.2) is 0 Å². The van der Waals surface area contributed by atoms with Gasteiger partial charge in [0.2, 0.25) is 0 Å². The van der Waals surface area contributed by atoms with Crippen LogP contribution in [0.3, 0.4) is 0 Å². The van der Waals surface area contributed by atoms with Gasteiger partial charge in [0.1, 0.15) is 42.8 Å². The molecule has 0 amide bonds. The van der Waals surface area contributed by atoms with Gasteiger partial charge in [-0.05, 0) is 141 Å². The topological polar surface area (TPSA) is 69.7 Å². The molecule has 0 atom stereocenters. The van der Waals surface area contributed by atoms with E-state index in [-0.39, 0.29) is 37.7 Å². The van der Waals surface area contributed by atoms with Gasteiger partial charge in [0.25, 0.3) is 0 Å². The molecule has 14 heteroatoms. The van der Waals surface area contributed by atoms with Crippen LogP contribution >= 0.6 is 0 Å². The highest BCUT2D eigenvalue weighted by molar-refractivity contribution is 6.00. The number of rotatable bonds is 21. The zero-order valence-electron chi connectivity index (χ0n) is 45.2. The van der Waals surface area contributed by atoms with Crippen molar-refractivity contribution in [2.75, 3.05) is 9.80 Å². The van der Waals surface area contributed by atoms with E-state index in [1.165, 1.54) is 48.5 Å². The molecule has 0 aliphatic heterocycles. The first-order valence-corrected chi connectivity index (χ1v) is 26.9. The van der Waals surface area contributed by atoms with Gasteiger partial charge < -0.3 is 33.5 Å². The number of anilines is 6. The molecule has 0 unspecified atom stereocenters. The molecule has 0 bridgehead atoms. The number of hydrogen-bond acceptors (Lipinski definition) is 8. The van der Waals surface area contributed by atoms with E-state index in [4.69, 9.17) is 14.2 Å². The van der Waals surface area contributed by atoms with Gasteiger partial charge in [-0.3, -0.25) is 4.79 Å². The molecule has 11 rings (SSSR count). The predicted molar refractivity (Wildman–Crippen MR) is 320 cm³/mol. The number of fused-ring (bicyclic) bond motifs is 2. The van der Waals surface area contributed by atoms with Crippen molar-refractivity contribution in [3.63, 3.8) is 0 Å². The van der Waals surface area contributed by atoms with Crippen LogP contribution in [-0.4, -0.2) is 5.97 Å². The Balaban J connectivity index is 0.796. The lowest BCUT2D eigenvalue weighted by Gasteiger charge is -2.27. The maximum atomic E-state index is 13.6. The maximum absolute atomic E-state index is 13.6. The SMILES string of the molecule is O=C(Cc1cc(OCc2ccc(OC(F)=C(F)F)cc2)cc(OCc2ccc(OC(F)=C(F)F)cc2)c1)OCc1ccc(N(c2ccc(-c3ccc(N(c4ccccc4)c4cccc5ccccc45)cc3)cc2)c2cccc3ccccc23)cc1. The second kappa shape index (κ2) is 26.0. The lowest BCUT2D eigenvalue weighted by molar-refractivity contribution is -0.144. The Morgan fingerprint density at radius 1 is 0.341 bits per heavy atom. The molecule has 11 aromatic carbocycles. The fraction of sp³-hybridized carbons (Fsp3) is 0.0563. The van der Waals surface area contributed by atoms with Gasteiger partial charge in [0.05, 0.1) is 17.8 Å². The smallest absolute Gasteiger partial charge is 0.344 e. The molecule has 0 aliphatic rings. The third-order valence-electron chi connectivity index (χ3n) is 13.9. The number of carbonyl (C=O) groups is 1. The second-order valence-electron chi connectivity index (χ2n) is 19.6. The van der Waals surface area contributed by atoms with E-state index in [0.29, 0.717) is 28.2 Å². The number of nitrogens with zero attached hydrogens (tertiary/aromatic N) is 2. The molecule has 8 nitrogen and oxygen atoms in total. The van der Waals surface area contributed by atoms with Crippen molar-refractivity contribution in [2.24, 2.45) is 0 Å².